The van der Waals surface area contributed by atoms with Gasteiger partial charge in [-0.05, 0) is 36.2 Å². The van der Waals surface area contributed by atoms with Gasteiger partial charge < -0.3 is 14.6 Å². The molecule has 7 nitrogen and oxygen atoms in total. The number of hydrogen-bond donors (Lipinski definition) is 2. The van der Waals surface area contributed by atoms with Crippen molar-refractivity contribution in [2.75, 3.05) is 7.11 Å². The molecule has 0 aliphatic carbocycles. The van der Waals surface area contributed by atoms with E-state index in [9.17, 15) is 13.2 Å². The highest BCUT2D eigenvalue weighted by Crippen LogP contribution is 2.23. The lowest BCUT2D eigenvalue weighted by atomic mass is 10.1. The fourth-order valence-electron chi connectivity index (χ4n) is 2.34. The van der Waals surface area contributed by atoms with Gasteiger partial charge in [-0.1, -0.05) is 37.3 Å². The first-order valence-electron chi connectivity index (χ1n) is 7.97. The second-order valence-electron chi connectivity index (χ2n) is 5.49. The third-order valence-corrected chi connectivity index (χ3v) is 5.19. The van der Waals surface area contributed by atoms with Crippen molar-refractivity contribution in [2.45, 2.75) is 30.6 Å². The van der Waals surface area contributed by atoms with Crippen molar-refractivity contribution < 1.29 is 27.8 Å². The summed E-state index contributed by atoms with van der Waals surface area (Å²) < 4.78 is 37.6. The molecule has 0 saturated heterocycles. The zero-order chi connectivity index (χ0) is 19.2. The van der Waals surface area contributed by atoms with Crippen LogP contribution in [0.1, 0.15) is 24.9 Å². The first kappa shape index (κ1) is 19.9. The maximum Gasteiger partial charge on any atom is 0.373 e. The minimum atomic E-state index is -3.64. The number of nitrogens with one attached hydrogen (secondary N) is 1. The number of hydrogen-bond acceptors (Lipinski definition) is 5. The van der Waals surface area contributed by atoms with E-state index in [1.165, 1.54) is 19.2 Å². The molecule has 2 atom stereocenters. The average Bonchev–Trinajstić information content (AvgIpc) is 2.65. The Morgan fingerprint density at radius 2 is 1.73 bits per heavy atom. The molecule has 0 aliphatic rings. The summed E-state index contributed by atoms with van der Waals surface area (Å²) in [4.78, 5) is 11.1. The Bertz CT molecular complexity index is 821. The number of ether oxygens (including phenoxy) is 2. The lowest BCUT2D eigenvalue weighted by Crippen LogP contribution is -2.29. The third-order valence-electron chi connectivity index (χ3n) is 3.70. The Morgan fingerprint density at radius 1 is 1.12 bits per heavy atom. The number of carbonyl (C=O) groups is 1. The standard InChI is InChI=1S/C18H21NO6S/c1-3-16(19-26(22,23)15-7-5-4-6-8-15)13-9-11-14(12-10-13)25-18(24-2)17(20)21/h4-12,16,18-19H,3H2,1-2H3,(H,20,21). The average molecular weight is 379 g/mol. The predicted octanol–water partition coefficient (Wildman–Crippen LogP) is 2.55. The molecule has 2 aromatic rings. The summed E-state index contributed by atoms with van der Waals surface area (Å²) in [5.74, 6) is -0.928. The summed E-state index contributed by atoms with van der Waals surface area (Å²) in [6.45, 7) is 1.87. The maximum absolute atomic E-state index is 12.5. The number of carboxylic acids is 1. The smallest absolute Gasteiger partial charge is 0.373 e. The lowest BCUT2D eigenvalue weighted by Gasteiger charge is -2.18. The molecule has 0 amide bonds. The fourth-order valence-corrected chi connectivity index (χ4v) is 3.67. The van der Waals surface area contributed by atoms with Crippen molar-refractivity contribution in [3.05, 3.63) is 60.2 Å². The van der Waals surface area contributed by atoms with Gasteiger partial charge in [0.05, 0.1) is 4.90 Å². The van der Waals surface area contributed by atoms with E-state index >= 15 is 0 Å². The van der Waals surface area contributed by atoms with Crippen LogP contribution in [-0.4, -0.2) is 32.9 Å². The van der Waals surface area contributed by atoms with Crippen LogP contribution < -0.4 is 9.46 Å². The van der Waals surface area contributed by atoms with Gasteiger partial charge >= 0.3 is 5.97 Å². The summed E-state index contributed by atoms with van der Waals surface area (Å²) in [6, 6.07) is 14.2. The molecule has 140 valence electrons. The van der Waals surface area contributed by atoms with Crippen LogP contribution in [0.25, 0.3) is 0 Å². The normalized spacial score (nSPS) is 13.8. The highest BCUT2D eigenvalue weighted by molar-refractivity contribution is 7.89. The molecule has 26 heavy (non-hydrogen) atoms. The summed E-state index contributed by atoms with van der Waals surface area (Å²) in [6.07, 6.45) is -0.860. The van der Waals surface area contributed by atoms with E-state index in [1.807, 2.05) is 6.92 Å². The number of carboxylic acid groups (broad SMARTS) is 1. The van der Waals surface area contributed by atoms with Gasteiger partial charge in [0, 0.05) is 13.2 Å². The molecule has 2 rings (SSSR count). The van der Waals surface area contributed by atoms with Crippen molar-refractivity contribution in [3.8, 4) is 5.75 Å². The SMILES string of the molecule is CCC(NS(=O)(=O)c1ccccc1)c1ccc(OC(OC)C(=O)O)cc1. The predicted molar refractivity (Wildman–Crippen MR) is 95.3 cm³/mol. The van der Waals surface area contributed by atoms with Gasteiger partial charge in [-0.3, -0.25) is 0 Å². The van der Waals surface area contributed by atoms with Crippen molar-refractivity contribution >= 4 is 16.0 Å². The highest BCUT2D eigenvalue weighted by atomic mass is 32.2. The van der Waals surface area contributed by atoms with E-state index in [0.717, 1.165) is 5.56 Å². The summed E-state index contributed by atoms with van der Waals surface area (Å²) >= 11 is 0. The van der Waals surface area contributed by atoms with Crippen LogP contribution >= 0.6 is 0 Å². The minimum Gasteiger partial charge on any atom is -0.477 e. The highest BCUT2D eigenvalue weighted by Gasteiger charge is 2.21. The molecule has 0 radical (unpaired) electrons. The zero-order valence-electron chi connectivity index (χ0n) is 14.5. The summed E-state index contributed by atoms with van der Waals surface area (Å²) in [7, 11) is -2.41. The fraction of sp³-hybridized carbons (Fsp3) is 0.278. The van der Waals surface area contributed by atoms with Crippen LogP contribution in [0.5, 0.6) is 5.75 Å². The molecule has 2 unspecified atom stereocenters. The van der Waals surface area contributed by atoms with E-state index in [1.54, 1.807) is 42.5 Å². The molecule has 0 bridgehead atoms. The van der Waals surface area contributed by atoms with Crippen LogP contribution in [0.4, 0.5) is 0 Å². The van der Waals surface area contributed by atoms with E-state index in [-0.39, 0.29) is 4.90 Å². The summed E-state index contributed by atoms with van der Waals surface area (Å²) in [5, 5.41) is 8.92. The number of methoxy groups -OCH3 is 1. The van der Waals surface area contributed by atoms with Gasteiger partial charge in [0.25, 0.3) is 6.29 Å². The Labute approximate surface area is 152 Å². The van der Waals surface area contributed by atoms with E-state index < -0.39 is 28.3 Å². The Hall–Kier alpha value is -2.42. The molecule has 0 spiro atoms. The topological polar surface area (TPSA) is 102 Å². The Balaban J connectivity index is 2.14. The summed E-state index contributed by atoms with van der Waals surface area (Å²) in [5.41, 5.74) is 0.739. The van der Waals surface area contributed by atoms with Crippen molar-refractivity contribution in [2.24, 2.45) is 0 Å². The van der Waals surface area contributed by atoms with Crippen LogP contribution in [0.15, 0.2) is 59.5 Å². The second kappa shape index (κ2) is 8.79. The number of benzene rings is 2. The molecule has 0 fully saturated rings. The molecular formula is C18H21NO6S. The van der Waals surface area contributed by atoms with Crippen LogP contribution in [0, 0.1) is 0 Å². The van der Waals surface area contributed by atoms with Gasteiger partial charge in [-0.25, -0.2) is 17.9 Å². The molecule has 0 aliphatic heterocycles. The lowest BCUT2D eigenvalue weighted by molar-refractivity contribution is -0.166. The Kier molecular flexibility index (Phi) is 6.73. The van der Waals surface area contributed by atoms with Gasteiger partial charge in [-0.15, -0.1) is 0 Å². The first-order valence-corrected chi connectivity index (χ1v) is 9.45. The number of rotatable bonds is 9. The molecule has 0 saturated carbocycles. The van der Waals surface area contributed by atoms with Crippen molar-refractivity contribution in [1.82, 2.24) is 4.72 Å². The van der Waals surface area contributed by atoms with E-state index in [0.29, 0.717) is 12.2 Å². The molecular weight excluding hydrogens is 358 g/mol. The van der Waals surface area contributed by atoms with Crippen molar-refractivity contribution in [1.29, 1.82) is 0 Å². The van der Waals surface area contributed by atoms with Gasteiger partial charge in [0.1, 0.15) is 5.75 Å². The van der Waals surface area contributed by atoms with Gasteiger partial charge in [-0.2, -0.15) is 0 Å². The monoisotopic (exact) mass is 379 g/mol. The third kappa shape index (κ3) is 5.04. The van der Waals surface area contributed by atoms with Crippen LogP contribution in [-0.2, 0) is 19.6 Å². The number of aliphatic carboxylic acids is 1. The second-order valence-corrected chi connectivity index (χ2v) is 7.20. The van der Waals surface area contributed by atoms with E-state index in [2.05, 4.69) is 4.72 Å². The quantitative estimate of drug-likeness (QED) is 0.649. The molecule has 8 heteroatoms. The minimum absolute atomic E-state index is 0.197. The molecule has 0 aromatic heterocycles. The zero-order valence-corrected chi connectivity index (χ0v) is 15.3. The first-order chi connectivity index (χ1) is 12.4. The molecule has 0 heterocycles. The van der Waals surface area contributed by atoms with Crippen LogP contribution in [0.3, 0.4) is 0 Å². The Morgan fingerprint density at radius 3 is 2.23 bits per heavy atom. The van der Waals surface area contributed by atoms with Crippen molar-refractivity contribution in [3.63, 3.8) is 0 Å². The molecule has 2 aromatic carbocycles. The largest absolute Gasteiger partial charge is 0.477 e. The van der Waals surface area contributed by atoms with Crippen LogP contribution in [0.2, 0.25) is 0 Å². The molecule has 2 N–H and O–H groups in total. The number of sulfonamides is 1. The van der Waals surface area contributed by atoms with E-state index in [4.69, 9.17) is 14.6 Å². The van der Waals surface area contributed by atoms with Gasteiger partial charge in [0.2, 0.25) is 10.0 Å². The maximum atomic E-state index is 12.5. The van der Waals surface area contributed by atoms with Gasteiger partial charge in [0.15, 0.2) is 0 Å².